The second kappa shape index (κ2) is 6.90. The van der Waals surface area contributed by atoms with Gasteiger partial charge in [-0.25, -0.2) is 0 Å². The van der Waals surface area contributed by atoms with Gasteiger partial charge >= 0.3 is 0 Å². The molecular weight excluding hydrogens is 615 g/mol. The molecule has 2 aromatic carbocycles. The molecule has 0 aromatic heterocycles. The van der Waals surface area contributed by atoms with Crippen molar-refractivity contribution < 1.29 is 0 Å². The van der Waals surface area contributed by atoms with Gasteiger partial charge in [0.05, 0.1) is 4.83 Å². The van der Waals surface area contributed by atoms with Crippen molar-refractivity contribution in [2.24, 2.45) is 0 Å². The van der Waals surface area contributed by atoms with Gasteiger partial charge in [-0.15, -0.1) is 0 Å². The number of hydrogen-bond acceptors (Lipinski definition) is 0. The molecule has 0 aliphatic rings. The molecule has 0 heterocycles. The Balaban J connectivity index is 2.52. The molecule has 0 N–H and O–H groups in total. The molecule has 0 radical (unpaired) electrons. The summed E-state index contributed by atoms with van der Waals surface area (Å²) in [6.07, 6.45) is 0. The fourth-order valence-corrected chi connectivity index (χ4v) is 5.30. The van der Waals surface area contributed by atoms with Gasteiger partial charge in [0.25, 0.3) is 0 Å². The van der Waals surface area contributed by atoms with Crippen molar-refractivity contribution in [3.05, 3.63) is 64.0 Å². The van der Waals surface area contributed by atoms with Gasteiger partial charge in [0, 0.05) is 17.0 Å². The SMILES string of the molecule is Cc1cc(Br)c(C(Br)c2cc(Br)ccc2I)cc1Br. The van der Waals surface area contributed by atoms with Gasteiger partial charge in [0.2, 0.25) is 0 Å². The van der Waals surface area contributed by atoms with Crippen molar-refractivity contribution in [2.75, 3.05) is 0 Å². The average molecular weight is 624 g/mol. The summed E-state index contributed by atoms with van der Waals surface area (Å²) >= 11 is 17.0. The number of benzene rings is 2. The molecule has 2 aromatic rings. The molecule has 0 aliphatic carbocycles. The molecule has 0 aliphatic heterocycles. The summed E-state index contributed by atoms with van der Waals surface area (Å²) in [5.74, 6) is 0. The van der Waals surface area contributed by atoms with Crippen LogP contribution in [0, 0.1) is 10.5 Å². The number of alkyl halides is 1. The number of aryl methyl sites for hydroxylation is 1. The summed E-state index contributed by atoms with van der Waals surface area (Å²) in [4.78, 5) is 0.156. The van der Waals surface area contributed by atoms with Gasteiger partial charge in [-0.2, -0.15) is 0 Å². The molecule has 0 spiro atoms. The minimum Gasteiger partial charge on any atom is -0.0786 e. The van der Waals surface area contributed by atoms with E-state index in [4.69, 9.17) is 0 Å². The maximum absolute atomic E-state index is 3.81. The highest BCUT2D eigenvalue weighted by Gasteiger charge is 2.17. The fraction of sp³-hybridized carbons (Fsp3) is 0.143. The normalized spacial score (nSPS) is 12.5. The van der Waals surface area contributed by atoms with Crippen LogP contribution < -0.4 is 0 Å². The molecule has 0 saturated heterocycles. The van der Waals surface area contributed by atoms with Crippen LogP contribution in [0.5, 0.6) is 0 Å². The third-order valence-electron chi connectivity index (χ3n) is 2.78. The molecule has 100 valence electrons. The predicted molar refractivity (Wildman–Crippen MR) is 104 cm³/mol. The van der Waals surface area contributed by atoms with E-state index in [0.29, 0.717) is 0 Å². The number of hydrogen-bond donors (Lipinski definition) is 0. The third-order valence-corrected chi connectivity index (χ3v) is 6.79. The third kappa shape index (κ3) is 3.84. The van der Waals surface area contributed by atoms with E-state index in [1.807, 2.05) is 0 Å². The van der Waals surface area contributed by atoms with Gasteiger partial charge < -0.3 is 0 Å². The van der Waals surface area contributed by atoms with Crippen molar-refractivity contribution in [3.63, 3.8) is 0 Å². The van der Waals surface area contributed by atoms with Crippen LogP contribution >= 0.6 is 86.3 Å². The van der Waals surface area contributed by atoms with Crippen LogP contribution in [0.25, 0.3) is 0 Å². The van der Waals surface area contributed by atoms with Gasteiger partial charge in [-0.3, -0.25) is 0 Å². The molecule has 19 heavy (non-hydrogen) atoms. The summed E-state index contributed by atoms with van der Waals surface area (Å²) in [5.41, 5.74) is 3.69. The molecule has 0 saturated carbocycles. The summed E-state index contributed by atoms with van der Waals surface area (Å²) < 4.78 is 4.58. The van der Waals surface area contributed by atoms with Crippen LogP contribution in [0.1, 0.15) is 21.5 Å². The molecule has 0 nitrogen and oxygen atoms in total. The molecular formula is C14H9Br4I. The second-order valence-electron chi connectivity index (χ2n) is 4.15. The first kappa shape index (κ1) is 16.5. The largest absolute Gasteiger partial charge is 0.0786 e. The monoisotopic (exact) mass is 620 g/mol. The highest BCUT2D eigenvalue weighted by Crippen LogP contribution is 2.40. The van der Waals surface area contributed by atoms with Crippen LogP contribution in [0.4, 0.5) is 0 Å². The van der Waals surface area contributed by atoms with Crippen molar-refractivity contribution in [2.45, 2.75) is 11.8 Å². The van der Waals surface area contributed by atoms with Gasteiger partial charge in [-0.05, 0) is 76.5 Å². The molecule has 0 fully saturated rings. The molecule has 0 bridgehead atoms. The summed E-state index contributed by atoms with van der Waals surface area (Å²) in [6.45, 7) is 2.09. The Bertz CT molecular complexity index is 625. The van der Waals surface area contributed by atoms with Crippen LogP contribution in [0.15, 0.2) is 43.7 Å². The predicted octanol–water partition coefficient (Wildman–Crippen LogP) is 7.37. The van der Waals surface area contributed by atoms with E-state index in [0.717, 1.165) is 13.4 Å². The van der Waals surface area contributed by atoms with Crippen molar-refractivity contribution in [3.8, 4) is 0 Å². The Kier molecular flexibility index (Phi) is 5.98. The first-order chi connectivity index (χ1) is 8.90. The van der Waals surface area contributed by atoms with Crippen LogP contribution in [0.3, 0.4) is 0 Å². The van der Waals surface area contributed by atoms with E-state index >= 15 is 0 Å². The van der Waals surface area contributed by atoms with Crippen LogP contribution in [-0.2, 0) is 0 Å². The van der Waals surface area contributed by atoms with Crippen LogP contribution in [-0.4, -0.2) is 0 Å². The van der Waals surface area contributed by atoms with E-state index in [1.165, 1.54) is 20.3 Å². The standard InChI is InChI=1S/C14H9Br4I/c1-7-4-12(17)9(6-11(7)16)14(18)10-5-8(15)2-3-13(10)19/h2-6,14H,1H3. The first-order valence-corrected chi connectivity index (χ1v) is 9.82. The first-order valence-electron chi connectivity index (χ1n) is 5.44. The number of halogens is 5. The summed E-state index contributed by atoms with van der Waals surface area (Å²) in [5, 5.41) is 0. The van der Waals surface area contributed by atoms with Crippen molar-refractivity contribution in [1.29, 1.82) is 0 Å². The van der Waals surface area contributed by atoms with Gasteiger partial charge in [0.1, 0.15) is 0 Å². The van der Waals surface area contributed by atoms with E-state index in [1.54, 1.807) is 0 Å². The van der Waals surface area contributed by atoms with E-state index in [2.05, 4.69) is 124 Å². The highest BCUT2D eigenvalue weighted by molar-refractivity contribution is 14.1. The second-order valence-corrected chi connectivity index (χ2v) is 8.85. The van der Waals surface area contributed by atoms with E-state index in [-0.39, 0.29) is 4.83 Å². The maximum Gasteiger partial charge on any atom is 0.0666 e. The zero-order valence-corrected chi connectivity index (χ0v) is 18.4. The van der Waals surface area contributed by atoms with E-state index < -0.39 is 0 Å². The minimum absolute atomic E-state index is 0.156. The lowest BCUT2D eigenvalue weighted by Gasteiger charge is -2.16. The van der Waals surface area contributed by atoms with Crippen molar-refractivity contribution >= 4 is 86.3 Å². The average Bonchev–Trinajstić information content (AvgIpc) is 2.36. The molecule has 0 amide bonds. The Morgan fingerprint density at radius 3 is 2.32 bits per heavy atom. The van der Waals surface area contributed by atoms with Crippen LogP contribution in [0.2, 0.25) is 0 Å². The lowest BCUT2D eigenvalue weighted by Crippen LogP contribution is -1.98. The molecule has 1 unspecified atom stereocenters. The van der Waals surface area contributed by atoms with E-state index in [9.17, 15) is 0 Å². The Morgan fingerprint density at radius 2 is 1.63 bits per heavy atom. The molecule has 1 atom stereocenters. The Labute approximate surface area is 160 Å². The fourth-order valence-electron chi connectivity index (χ4n) is 1.73. The smallest absolute Gasteiger partial charge is 0.0666 e. The van der Waals surface area contributed by atoms with Gasteiger partial charge in [0.15, 0.2) is 0 Å². The quantitative estimate of drug-likeness (QED) is 0.242. The Morgan fingerprint density at radius 1 is 0.947 bits per heavy atom. The minimum atomic E-state index is 0.156. The zero-order valence-electron chi connectivity index (χ0n) is 9.85. The molecule has 5 heteroatoms. The lowest BCUT2D eigenvalue weighted by atomic mass is 10.0. The summed E-state index contributed by atoms with van der Waals surface area (Å²) in [6, 6.07) is 10.6. The van der Waals surface area contributed by atoms with Crippen molar-refractivity contribution in [1.82, 2.24) is 0 Å². The maximum atomic E-state index is 3.81. The highest BCUT2D eigenvalue weighted by atomic mass is 127. The molecule has 2 rings (SSSR count). The topological polar surface area (TPSA) is 0 Å². The lowest BCUT2D eigenvalue weighted by molar-refractivity contribution is 1.14. The zero-order chi connectivity index (χ0) is 14.2. The summed E-state index contributed by atoms with van der Waals surface area (Å²) in [7, 11) is 0. The van der Waals surface area contributed by atoms with Gasteiger partial charge in [-0.1, -0.05) is 63.7 Å². The Hall–Kier alpha value is 1.09. The number of rotatable bonds is 2.